The number of methoxy groups -OCH3 is 1. The molecule has 0 spiro atoms. The number of nitrogens with one attached hydrogen (secondary N) is 1. The SMILES string of the molecule is COc1ncc(I)cc1-c1ccc(C(=O)Nc2c(F)cncc2F)s1. The van der Waals surface area contributed by atoms with Crippen molar-refractivity contribution in [1.29, 1.82) is 0 Å². The first-order chi connectivity index (χ1) is 12.0. The molecule has 0 aromatic carbocycles. The molecule has 0 unspecified atom stereocenters. The van der Waals surface area contributed by atoms with Crippen LogP contribution in [0.15, 0.2) is 36.8 Å². The van der Waals surface area contributed by atoms with Gasteiger partial charge in [-0.25, -0.2) is 13.8 Å². The maximum Gasteiger partial charge on any atom is 0.265 e. The first-order valence-electron chi connectivity index (χ1n) is 6.89. The Morgan fingerprint density at radius 3 is 2.64 bits per heavy atom. The van der Waals surface area contributed by atoms with Gasteiger partial charge in [-0.2, -0.15) is 0 Å². The number of aromatic nitrogens is 2. The van der Waals surface area contributed by atoms with Gasteiger partial charge in [0.25, 0.3) is 5.91 Å². The van der Waals surface area contributed by atoms with Gasteiger partial charge in [0.15, 0.2) is 11.6 Å². The van der Waals surface area contributed by atoms with E-state index in [4.69, 9.17) is 4.74 Å². The monoisotopic (exact) mass is 473 g/mol. The molecule has 3 aromatic heterocycles. The zero-order valence-corrected chi connectivity index (χ0v) is 15.7. The average Bonchev–Trinajstić information content (AvgIpc) is 3.08. The lowest BCUT2D eigenvalue weighted by Crippen LogP contribution is -2.13. The van der Waals surface area contributed by atoms with E-state index in [9.17, 15) is 13.6 Å². The third-order valence-corrected chi connectivity index (χ3v) is 4.91. The number of anilines is 1. The van der Waals surface area contributed by atoms with Crippen LogP contribution in [0.4, 0.5) is 14.5 Å². The van der Waals surface area contributed by atoms with Crippen molar-refractivity contribution in [2.75, 3.05) is 12.4 Å². The standard InChI is InChI=1S/C16H10F2IN3O2S/c1-24-16-9(4-8(19)5-21-16)12-2-3-13(25-12)15(23)22-14-10(17)6-20-7-11(14)18/h2-7H,1H3,(H,20,22,23). The Morgan fingerprint density at radius 2 is 1.96 bits per heavy atom. The fourth-order valence-electron chi connectivity index (χ4n) is 2.08. The van der Waals surface area contributed by atoms with Gasteiger partial charge in [-0.15, -0.1) is 11.3 Å². The van der Waals surface area contributed by atoms with E-state index in [0.717, 1.165) is 26.4 Å². The minimum atomic E-state index is -0.936. The van der Waals surface area contributed by atoms with Crippen LogP contribution < -0.4 is 10.1 Å². The summed E-state index contributed by atoms with van der Waals surface area (Å²) < 4.78 is 33.3. The molecule has 3 heterocycles. The molecular formula is C16H10F2IN3O2S. The summed E-state index contributed by atoms with van der Waals surface area (Å²) in [6.45, 7) is 0. The van der Waals surface area contributed by atoms with Crippen LogP contribution in [0.1, 0.15) is 9.67 Å². The van der Waals surface area contributed by atoms with E-state index in [2.05, 4.69) is 37.9 Å². The van der Waals surface area contributed by atoms with Crippen LogP contribution in [0, 0.1) is 15.2 Å². The molecule has 0 fully saturated rings. The Kier molecular flexibility index (Phi) is 5.23. The topological polar surface area (TPSA) is 64.1 Å². The van der Waals surface area contributed by atoms with Gasteiger partial charge in [0.1, 0.15) is 5.69 Å². The number of hydrogen-bond donors (Lipinski definition) is 1. The molecular weight excluding hydrogens is 463 g/mol. The quantitative estimate of drug-likeness (QED) is 0.573. The van der Waals surface area contributed by atoms with Crippen molar-refractivity contribution in [2.24, 2.45) is 0 Å². The van der Waals surface area contributed by atoms with Crippen LogP contribution in [-0.4, -0.2) is 23.0 Å². The molecule has 0 radical (unpaired) electrons. The summed E-state index contributed by atoms with van der Waals surface area (Å²) in [5, 5.41) is 2.23. The van der Waals surface area contributed by atoms with Gasteiger partial charge in [0, 0.05) is 14.6 Å². The molecule has 3 rings (SSSR count). The van der Waals surface area contributed by atoms with Gasteiger partial charge in [0.2, 0.25) is 5.88 Å². The predicted molar refractivity (Wildman–Crippen MR) is 98.9 cm³/mol. The lowest BCUT2D eigenvalue weighted by molar-refractivity contribution is 0.102. The maximum absolute atomic E-state index is 13.6. The molecule has 25 heavy (non-hydrogen) atoms. The highest BCUT2D eigenvalue weighted by Gasteiger charge is 2.17. The number of carbonyl (C=O) groups excluding carboxylic acids is 1. The van der Waals surface area contributed by atoms with Crippen LogP contribution in [0.25, 0.3) is 10.4 Å². The summed E-state index contributed by atoms with van der Waals surface area (Å²) in [6.07, 6.45) is 3.33. The van der Waals surface area contributed by atoms with Gasteiger partial charge >= 0.3 is 0 Å². The summed E-state index contributed by atoms with van der Waals surface area (Å²) in [5.41, 5.74) is 0.211. The number of pyridine rings is 2. The van der Waals surface area contributed by atoms with E-state index in [1.54, 1.807) is 18.3 Å². The van der Waals surface area contributed by atoms with Gasteiger partial charge in [-0.05, 0) is 40.8 Å². The molecule has 0 aliphatic carbocycles. The van der Waals surface area contributed by atoms with Crippen LogP contribution in [0.3, 0.4) is 0 Å². The highest BCUT2D eigenvalue weighted by molar-refractivity contribution is 14.1. The lowest BCUT2D eigenvalue weighted by Gasteiger charge is -2.06. The van der Waals surface area contributed by atoms with Crippen molar-refractivity contribution < 1.29 is 18.3 Å². The Labute approximate surface area is 159 Å². The maximum atomic E-state index is 13.6. The summed E-state index contributed by atoms with van der Waals surface area (Å²) >= 11 is 3.29. The molecule has 5 nitrogen and oxygen atoms in total. The van der Waals surface area contributed by atoms with Crippen molar-refractivity contribution in [3.05, 3.63) is 56.9 Å². The van der Waals surface area contributed by atoms with Crippen molar-refractivity contribution in [1.82, 2.24) is 9.97 Å². The Hall–Kier alpha value is -2.14. The normalized spacial score (nSPS) is 10.6. The second kappa shape index (κ2) is 7.40. The predicted octanol–water partition coefficient (Wildman–Crippen LogP) is 4.35. The first-order valence-corrected chi connectivity index (χ1v) is 8.79. The van der Waals surface area contributed by atoms with E-state index in [0.29, 0.717) is 10.8 Å². The largest absolute Gasteiger partial charge is 0.481 e. The minimum Gasteiger partial charge on any atom is -0.481 e. The highest BCUT2D eigenvalue weighted by atomic mass is 127. The second-order valence-electron chi connectivity index (χ2n) is 4.81. The molecule has 0 bridgehead atoms. The molecule has 0 atom stereocenters. The van der Waals surface area contributed by atoms with E-state index in [1.807, 2.05) is 6.07 Å². The van der Waals surface area contributed by atoms with E-state index >= 15 is 0 Å². The number of amides is 1. The van der Waals surface area contributed by atoms with Crippen molar-refractivity contribution >= 4 is 45.5 Å². The smallest absolute Gasteiger partial charge is 0.265 e. The molecule has 0 aliphatic rings. The third-order valence-electron chi connectivity index (χ3n) is 3.20. The number of ether oxygens (including phenoxy) is 1. The average molecular weight is 473 g/mol. The summed E-state index contributed by atoms with van der Waals surface area (Å²) in [6, 6.07) is 5.18. The number of rotatable bonds is 4. The highest BCUT2D eigenvalue weighted by Crippen LogP contribution is 2.35. The Balaban J connectivity index is 1.89. The van der Waals surface area contributed by atoms with E-state index in [1.165, 1.54) is 18.4 Å². The number of hydrogen-bond acceptors (Lipinski definition) is 5. The van der Waals surface area contributed by atoms with Crippen LogP contribution in [0.2, 0.25) is 0 Å². The number of carbonyl (C=O) groups is 1. The molecule has 1 N–H and O–H groups in total. The van der Waals surface area contributed by atoms with Gasteiger partial charge in [-0.3, -0.25) is 9.78 Å². The zero-order chi connectivity index (χ0) is 18.0. The third kappa shape index (κ3) is 3.76. The molecule has 0 saturated heterocycles. The Morgan fingerprint density at radius 1 is 1.24 bits per heavy atom. The Bertz CT molecular complexity index is 929. The van der Waals surface area contributed by atoms with Gasteiger partial charge in [0.05, 0.1) is 29.9 Å². The molecule has 0 saturated carbocycles. The molecule has 128 valence electrons. The van der Waals surface area contributed by atoms with Crippen molar-refractivity contribution in [3.8, 4) is 16.3 Å². The minimum absolute atomic E-state index is 0.298. The van der Waals surface area contributed by atoms with Crippen LogP contribution in [-0.2, 0) is 0 Å². The number of halogens is 3. The first kappa shape index (κ1) is 17.7. The summed E-state index contributed by atoms with van der Waals surface area (Å²) in [5.74, 6) is -2.06. The number of nitrogens with zero attached hydrogens (tertiary/aromatic N) is 2. The summed E-state index contributed by atoms with van der Waals surface area (Å²) in [4.78, 5) is 20.9. The molecule has 0 aliphatic heterocycles. The fraction of sp³-hybridized carbons (Fsp3) is 0.0625. The molecule has 1 amide bonds. The summed E-state index contributed by atoms with van der Waals surface area (Å²) in [7, 11) is 1.51. The number of thiophene rings is 1. The van der Waals surface area contributed by atoms with Crippen LogP contribution in [0.5, 0.6) is 5.88 Å². The molecule has 3 aromatic rings. The van der Waals surface area contributed by atoms with E-state index < -0.39 is 23.2 Å². The second-order valence-corrected chi connectivity index (χ2v) is 7.14. The van der Waals surface area contributed by atoms with E-state index in [-0.39, 0.29) is 0 Å². The van der Waals surface area contributed by atoms with Crippen molar-refractivity contribution in [3.63, 3.8) is 0 Å². The molecule has 9 heteroatoms. The zero-order valence-electron chi connectivity index (χ0n) is 12.7. The lowest BCUT2D eigenvalue weighted by atomic mass is 10.2. The van der Waals surface area contributed by atoms with Crippen LogP contribution >= 0.6 is 33.9 Å². The van der Waals surface area contributed by atoms with Crippen molar-refractivity contribution in [2.45, 2.75) is 0 Å². The van der Waals surface area contributed by atoms with Gasteiger partial charge < -0.3 is 10.1 Å². The van der Waals surface area contributed by atoms with Gasteiger partial charge in [-0.1, -0.05) is 0 Å². The fourth-order valence-corrected chi connectivity index (χ4v) is 3.44.